The molecule has 2 unspecified atom stereocenters. The van der Waals surface area contributed by atoms with Crippen LogP contribution in [0, 0.1) is 5.92 Å². The number of nitrogens with zero attached hydrogens (tertiary/aromatic N) is 3. The molecule has 2 atom stereocenters. The average Bonchev–Trinajstić information content (AvgIpc) is 2.70. The lowest BCUT2D eigenvalue weighted by Gasteiger charge is -2.25. The van der Waals surface area contributed by atoms with Gasteiger partial charge in [-0.3, -0.25) is 4.79 Å². The Morgan fingerprint density at radius 1 is 1.59 bits per heavy atom. The monoisotopic (exact) mass is 255 g/mol. The Morgan fingerprint density at radius 2 is 2.35 bits per heavy atom. The highest BCUT2D eigenvalue weighted by molar-refractivity contribution is 6.18. The van der Waals surface area contributed by atoms with Crippen LogP contribution in [0.15, 0.2) is 17.2 Å². The molecule has 0 bridgehead atoms. The predicted molar refractivity (Wildman–Crippen MR) is 69.8 cm³/mol. The van der Waals surface area contributed by atoms with E-state index in [9.17, 15) is 4.79 Å². The van der Waals surface area contributed by atoms with Gasteiger partial charge in [-0.05, 0) is 19.3 Å². The minimum absolute atomic E-state index is 0.0146. The predicted octanol–water partition coefficient (Wildman–Crippen LogP) is 1.72. The Morgan fingerprint density at radius 3 is 3.00 bits per heavy atom. The van der Waals surface area contributed by atoms with Gasteiger partial charge in [0.05, 0.1) is 0 Å². The summed E-state index contributed by atoms with van der Waals surface area (Å²) in [6, 6.07) is 0.226. The number of aromatic nitrogens is 2. The SMILES string of the molecule is CCn1ccnc(N2CCC(C)C2CCl)c1=O. The minimum Gasteiger partial charge on any atom is -0.348 e. The number of alkyl halides is 1. The van der Waals surface area contributed by atoms with Crippen LogP contribution in [0.2, 0.25) is 0 Å². The number of hydrogen-bond acceptors (Lipinski definition) is 3. The van der Waals surface area contributed by atoms with Crippen molar-refractivity contribution in [2.75, 3.05) is 17.3 Å². The normalized spacial score (nSPS) is 24.3. The van der Waals surface area contributed by atoms with Crippen LogP contribution in [0.5, 0.6) is 0 Å². The Bertz CT molecular complexity index is 446. The lowest BCUT2D eigenvalue weighted by atomic mass is 10.1. The molecule has 4 nitrogen and oxygen atoms in total. The summed E-state index contributed by atoms with van der Waals surface area (Å²) in [5, 5.41) is 0. The summed E-state index contributed by atoms with van der Waals surface area (Å²) in [5.74, 6) is 1.61. The molecule has 2 heterocycles. The molecule has 5 heteroatoms. The summed E-state index contributed by atoms with van der Waals surface area (Å²) in [6.07, 6.45) is 4.48. The smallest absolute Gasteiger partial charge is 0.293 e. The lowest BCUT2D eigenvalue weighted by Crippen LogP contribution is -2.39. The zero-order valence-electron chi connectivity index (χ0n) is 10.3. The molecular weight excluding hydrogens is 238 g/mol. The molecule has 1 fully saturated rings. The van der Waals surface area contributed by atoms with Gasteiger partial charge in [0.1, 0.15) is 0 Å². The number of hydrogen-bond donors (Lipinski definition) is 0. The van der Waals surface area contributed by atoms with Crippen LogP contribution in [0.3, 0.4) is 0 Å². The molecule has 1 aliphatic rings. The fraction of sp³-hybridized carbons (Fsp3) is 0.667. The second-order valence-electron chi connectivity index (χ2n) is 4.52. The topological polar surface area (TPSA) is 38.1 Å². The van der Waals surface area contributed by atoms with Crippen molar-refractivity contribution in [2.24, 2.45) is 5.92 Å². The van der Waals surface area contributed by atoms with Gasteiger partial charge in [0.2, 0.25) is 0 Å². The Kier molecular flexibility index (Phi) is 3.72. The highest BCUT2D eigenvalue weighted by atomic mass is 35.5. The summed E-state index contributed by atoms with van der Waals surface area (Å²) < 4.78 is 1.68. The first-order valence-corrected chi connectivity index (χ1v) is 6.60. The molecule has 0 saturated carbocycles. The summed E-state index contributed by atoms with van der Waals surface area (Å²) in [6.45, 7) is 5.67. The largest absolute Gasteiger partial charge is 0.348 e. The van der Waals surface area contributed by atoms with Gasteiger partial charge in [-0.1, -0.05) is 6.92 Å². The van der Waals surface area contributed by atoms with Gasteiger partial charge in [-0.2, -0.15) is 0 Å². The van der Waals surface area contributed by atoms with E-state index in [0.29, 0.717) is 24.2 Å². The molecule has 17 heavy (non-hydrogen) atoms. The maximum absolute atomic E-state index is 12.2. The quantitative estimate of drug-likeness (QED) is 0.772. The molecule has 0 radical (unpaired) electrons. The van der Waals surface area contributed by atoms with Crippen LogP contribution < -0.4 is 10.5 Å². The van der Waals surface area contributed by atoms with E-state index < -0.39 is 0 Å². The van der Waals surface area contributed by atoms with Gasteiger partial charge in [0, 0.05) is 37.4 Å². The molecule has 1 aliphatic heterocycles. The van der Waals surface area contributed by atoms with Crippen molar-refractivity contribution in [2.45, 2.75) is 32.9 Å². The third-order valence-electron chi connectivity index (χ3n) is 3.55. The van der Waals surface area contributed by atoms with Gasteiger partial charge < -0.3 is 9.47 Å². The third-order valence-corrected chi connectivity index (χ3v) is 3.87. The molecule has 1 saturated heterocycles. The van der Waals surface area contributed by atoms with Crippen molar-refractivity contribution in [3.63, 3.8) is 0 Å². The van der Waals surface area contributed by atoms with Crippen LogP contribution in [0.4, 0.5) is 5.82 Å². The first-order chi connectivity index (χ1) is 8.19. The van der Waals surface area contributed by atoms with E-state index in [2.05, 4.69) is 16.8 Å². The van der Waals surface area contributed by atoms with Crippen LogP contribution in [0.1, 0.15) is 20.3 Å². The molecule has 0 aliphatic carbocycles. The van der Waals surface area contributed by atoms with Crippen molar-refractivity contribution in [3.8, 4) is 0 Å². The van der Waals surface area contributed by atoms with Crippen LogP contribution in [-0.2, 0) is 6.54 Å². The second kappa shape index (κ2) is 5.08. The Balaban J connectivity index is 2.37. The molecule has 0 N–H and O–H groups in total. The van der Waals surface area contributed by atoms with Crippen molar-refractivity contribution in [3.05, 3.63) is 22.7 Å². The summed E-state index contributed by atoms with van der Waals surface area (Å²) >= 11 is 6.00. The van der Waals surface area contributed by atoms with E-state index in [4.69, 9.17) is 11.6 Å². The average molecular weight is 256 g/mol. The maximum Gasteiger partial charge on any atom is 0.293 e. The van der Waals surface area contributed by atoms with Crippen molar-refractivity contribution < 1.29 is 0 Å². The Hall–Kier alpha value is -1.03. The minimum atomic E-state index is -0.0146. The summed E-state index contributed by atoms with van der Waals surface area (Å²) in [4.78, 5) is 18.5. The third kappa shape index (κ3) is 2.18. The van der Waals surface area contributed by atoms with E-state index in [0.717, 1.165) is 13.0 Å². The lowest BCUT2D eigenvalue weighted by molar-refractivity contribution is 0.546. The molecule has 2 rings (SSSR count). The molecule has 0 spiro atoms. The van der Waals surface area contributed by atoms with Crippen LogP contribution >= 0.6 is 11.6 Å². The molecule has 94 valence electrons. The van der Waals surface area contributed by atoms with Crippen molar-refractivity contribution in [1.29, 1.82) is 0 Å². The second-order valence-corrected chi connectivity index (χ2v) is 4.83. The highest BCUT2D eigenvalue weighted by Gasteiger charge is 2.32. The van der Waals surface area contributed by atoms with Crippen LogP contribution in [-0.4, -0.2) is 28.0 Å². The van der Waals surface area contributed by atoms with Gasteiger partial charge in [0.25, 0.3) is 5.56 Å². The summed E-state index contributed by atoms with van der Waals surface area (Å²) in [7, 11) is 0. The fourth-order valence-corrected chi connectivity index (χ4v) is 2.86. The number of aryl methyl sites for hydroxylation is 1. The van der Waals surface area contributed by atoms with E-state index >= 15 is 0 Å². The summed E-state index contributed by atoms with van der Waals surface area (Å²) in [5.41, 5.74) is -0.0146. The van der Waals surface area contributed by atoms with Crippen molar-refractivity contribution in [1.82, 2.24) is 9.55 Å². The van der Waals surface area contributed by atoms with E-state index in [1.54, 1.807) is 17.0 Å². The Labute approximate surface area is 106 Å². The number of halogens is 1. The first kappa shape index (κ1) is 12.4. The first-order valence-electron chi connectivity index (χ1n) is 6.07. The van der Waals surface area contributed by atoms with E-state index in [-0.39, 0.29) is 11.6 Å². The standard InChI is InChI=1S/C12H18ClN3O/c1-3-15-7-5-14-11(12(15)17)16-6-4-9(2)10(16)8-13/h5,7,9-10H,3-4,6,8H2,1-2H3. The van der Waals surface area contributed by atoms with Gasteiger partial charge in [-0.15, -0.1) is 11.6 Å². The fourth-order valence-electron chi connectivity index (χ4n) is 2.39. The molecule has 1 aromatic heterocycles. The molecule has 0 amide bonds. The van der Waals surface area contributed by atoms with Gasteiger partial charge in [0.15, 0.2) is 5.82 Å². The number of rotatable bonds is 3. The van der Waals surface area contributed by atoms with Crippen LogP contribution in [0.25, 0.3) is 0 Å². The van der Waals surface area contributed by atoms with Gasteiger partial charge >= 0.3 is 0 Å². The van der Waals surface area contributed by atoms with Crippen molar-refractivity contribution >= 4 is 17.4 Å². The molecule has 0 aromatic carbocycles. The highest BCUT2D eigenvalue weighted by Crippen LogP contribution is 2.27. The molecule has 1 aromatic rings. The zero-order chi connectivity index (χ0) is 12.4. The van der Waals surface area contributed by atoms with Gasteiger partial charge in [-0.25, -0.2) is 4.98 Å². The van der Waals surface area contributed by atoms with E-state index in [1.165, 1.54) is 0 Å². The maximum atomic E-state index is 12.2. The zero-order valence-corrected chi connectivity index (χ0v) is 11.0. The van der Waals surface area contributed by atoms with E-state index in [1.807, 2.05) is 6.92 Å². The molecular formula is C12H18ClN3O. The number of anilines is 1.